The van der Waals surface area contributed by atoms with Crippen LogP contribution in [0.15, 0.2) is 48.5 Å². The zero-order valence-corrected chi connectivity index (χ0v) is 15.2. The lowest BCUT2D eigenvalue weighted by Crippen LogP contribution is -2.40. The van der Waals surface area contributed by atoms with Crippen molar-refractivity contribution in [2.75, 3.05) is 20.6 Å². The van der Waals surface area contributed by atoms with Crippen molar-refractivity contribution in [1.29, 1.82) is 0 Å². The monoisotopic (exact) mass is 345 g/mol. The fourth-order valence-electron chi connectivity index (χ4n) is 3.15. The maximum Gasteiger partial charge on any atom is 0.318 e. The maximum absolute atomic E-state index is 12.5. The third-order valence-electron chi connectivity index (χ3n) is 4.49. The molecule has 0 amide bonds. The standard InChI is InChI=1S/C20H24ClNO2/c1-4-15-7-5-6-8-18(15)20(19(23)24,13-14-22(2)3)16-9-11-17(21)12-10-16/h5-12H,4,13-14H2,1-3H3,(H,23,24). The van der Waals surface area contributed by atoms with Crippen molar-refractivity contribution < 1.29 is 9.90 Å². The number of aryl methyl sites for hydroxylation is 1. The minimum Gasteiger partial charge on any atom is -0.480 e. The highest BCUT2D eigenvalue weighted by atomic mass is 35.5. The van der Waals surface area contributed by atoms with Crippen molar-refractivity contribution >= 4 is 17.6 Å². The zero-order chi connectivity index (χ0) is 17.7. The van der Waals surface area contributed by atoms with Crippen LogP contribution in [0, 0.1) is 0 Å². The molecule has 0 heterocycles. The zero-order valence-electron chi connectivity index (χ0n) is 14.4. The Labute approximate surface area is 148 Å². The van der Waals surface area contributed by atoms with Gasteiger partial charge in [-0.15, -0.1) is 0 Å². The number of hydrogen-bond acceptors (Lipinski definition) is 2. The summed E-state index contributed by atoms with van der Waals surface area (Å²) in [4.78, 5) is 14.6. The van der Waals surface area contributed by atoms with Crippen LogP contribution in [0.4, 0.5) is 0 Å². The molecule has 24 heavy (non-hydrogen) atoms. The van der Waals surface area contributed by atoms with E-state index >= 15 is 0 Å². The van der Waals surface area contributed by atoms with Gasteiger partial charge in [-0.3, -0.25) is 4.79 Å². The van der Waals surface area contributed by atoms with E-state index in [-0.39, 0.29) is 0 Å². The van der Waals surface area contributed by atoms with Crippen molar-refractivity contribution in [3.8, 4) is 0 Å². The van der Waals surface area contributed by atoms with Crippen molar-refractivity contribution in [1.82, 2.24) is 4.90 Å². The van der Waals surface area contributed by atoms with Gasteiger partial charge < -0.3 is 10.0 Å². The number of carboxylic acids is 1. The molecule has 0 saturated carbocycles. The van der Waals surface area contributed by atoms with E-state index in [1.807, 2.05) is 55.4 Å². The van der Waals surface area contributed by atoms with Crippen LogP contribution in [-0.4, -0.2) is 36.6 Å². The molecule has 0 bridgehead atoms. The second-order valence-electron chi connectivity index (χ2n) is 6.28. The molecule has 0 aromatic heterocycles. The Bertz CT molecular complexity index is 697. The summed E-state index contributed by atoms with van der Waals surface area (Å²) >= 11 is 6.02. The molecule has 0 aliphatic heterocycles. The van der Waals surface area contributed by atoms with Gasteiger partial charge in [-0.2, -0.15) is 0 Å². The van der Waals surface area contributed by atoms with Crippen LogP contribution < -0.4 is 0 Å². The molecule has 2 aromatic rings. The van der Waals surface area contributed by atoms with Crippen LogP contribution in [-0.2, 0) is 16.6 Å². The van der Waals surface area contributed by atoms with Gasteiger partial charge in [-0.1, -0.05) is 54.9 Å². The van der Waals surface area contributed by atoms with Crippen molar-refractivity contribution in [3.63, 3.8) is 0 Å². The summed E-state index contributed by atoms with van der Waals surface area (Å²) in [6.45, 7) is 2.73. The lowest BCUT2D eigenvalue weighted by Gasteiger charge is -2.33. The van der Waals surface area contributed by atoms with Crippen LogP contribution in [0.25, 0.3) is 0 Å². The molecule has 0 aliphatic rings. The predicted molar refractivity (Wildman–Crippen MR) is 98.9 cm³/mol. The van der Waals surface area contributed by atoms with E-state index in [2.05, 4.69) is 6.92 Å². The summed E-state index contributed by atoms with van der Waals surface area (Å²) in [5.74, 6) is -0.826. The predicted octanol–water partition coefficient (Wildman–Crippen LogP) is 4.22. The Morgan fingerprint density at radius 1 is 1.12 bits per heavy atom. The lowest BCUT2D eigenvalue weighted by atomic mass is 9.70. The molecule has 0 radical (unpaired) electrons. The van der Waals surface area contributed by atoms with Gasteiger partial charge in [0.2, 0.25) is 0 Å². The molecule has 0 fully saturated rings. The highest BCUT2D eigenvalue weighted by Gasteiger charge is 2.43. The summed E-state index contributed by atoms with van der Waals surface area (Å²) in [5, 5.41) is 10.9. The number of carbonyl (C=O) groups is 1. The molecule has 1 N–H and O–H groups in total. The molecule has 2 aromatic carbocycles. The highest BCUT2D eigenvalue weighted by molar-refractivity contribution is 6.30. The minimum absolute atomic E-state index is 0.494. The van der Waals surface area contributed by atoms with Gasteiger partial charge in [0.05, 0.1) is 0 Å². The lowest BCUT2D eigenvalue weighted by molar-refractivity contribution is -0.142. The van der Waals surface area contributed by atoms with Gasteiger partial charge in [-0.25, -0.2) is 0 Å². The van der Waals surface area contributed by atoms with Gasteiger partial charge in [0, 0.05) is 5.02 Å². The molecule has 0 aliphatic carbocycles. The van der Waals surface area contributed by atoms with E-state index in [4.69, 9.17) is 11.6 Å². The summed E-state index contributed by atoms with van der Waals surface area (Å²) in [7, 11) is 3.92. The first-order chi connectivity index (χ1) is 11.4. The van der Waals surface area contributed by atoms with E-state index in [0.717, 1.165) is 23.1 Å². The van der Waals surface area contributed by atoms with Crippen molar-refractivity contribution in [2.45, 2.75) is 25.2 Å². The van der Waals surface area contributed by atoms with E-state index in [1.165, 1.54) is 0 Å². The van der Waals surface area contributed by atoms with Gasteiger partial charge >= 0.3 is 5.97 Å². The first kappa shape index (κ1) is 18.5. The van der Waals surface area contributed by atoms with Crippen LogP contribution in [0.5, 0.6) is 0 Å². The minimum atomic E-state index is -1.08. The first-order valence-electron chi connectivity index (χ1n) is 8.14. The summed E-state index contributed by atoms with van der Waals surface area (Å²) in [5.41, 5.74) is 1.61. The summed E-state index contributed by atoms with van der Waals surface area (Å²) in [6.07, 6.45) is 1.29. The van der Waals surface area contributed by atoms with Gasteiger partial charge in [0.25, 0.3) is 0 Å². The Morgan fingerprint density at radius 2 is 1.75 bits per heavy atom. The molecule has 4 heteroatoms. The summed E-state index contributed by atoms with van der Waals surface area (Å²) < 4.78 is 0. The molecule has 1 unspecified atom stereocenters. The van der Waals surface area contributed by atoms with Gasteiger partial charge in [-0.05, 0) is 62.3 Å². The van der Waals surface area contributed by atoms with Crippen LogP contribution >= 0.6 is 11.6 Å². The SMILES string of the molecule is CCc1ccccc1C(CCN(C)C)(C(=O)O)c1ccc(Cl)cc1. The normalized spacial score (nSPS) is 13.7. The molecule has 0 spiro atoms. The molecular weight excluding hydrogens is 322 g/mol. The first-order valence-corrected chi connectivity index (χ1v) is 8.52. The number of hydrogen-bond donors (Lipinski definition) is 1. The average Bonchev–Trinajstić information content (AvgIpc) is 2.56. The van der Waals surface area contributed by atoms with E-state index < -0.39 is 11.4 Å². The quantitative estimate of drug-likeness (QED) is 0.816. The second kappa shape index (κ2) is 7.82. The van der Waals surface area contributed by atoms with E-state index in [0.29, 0.717) is 18.0 Å². The molecule has 1 atom stereocenters. The molecule has 2 rings (SSSR count). The third-order valence-corrected chi connectivity index (χ3v) is 4.75. The van der Waals surface area contributed by atoms with Gasteiger partial charge in [0.15, 0.2) is 0 Å². The number of benzene rings is 2. The van der Waals surface area contributed by atoms with E-state index in [9.17, 15) is 9.90 Å². The molecular formula is C20H24ClNO2. The second-order valence-corrected chi connectivity index (χ2v) is 6.72. The number of halogens is 1. The fourth-order valence-corrected chi connectivity index (χ4v) is 3.28. The molecule has 0 saturated heterocycles. The largest absolute Gasteiger partial charge is 0.480 e. The van der Waals surface area contributed by atoms with Crippen LogP contribution in [0.1, 0.15) is 30.0 Å². The molecule has 3 nitrogen and oxygen atoms in total. The van der Waals surface area contributed by atoms with E-state index in [1.54, 1.807) is 12.1 Å². The Morgan fingerprint density at radius 3 is 2.29 bits per heavy atom. The number of aliphatic carboxylic acids is 1. The average molecular weight is 346 g/mol. The van der Waals surface area contributed by atoms with Crippen molar-refractivity contribution in [3.05, 3.63) is 70.2 Å². The summed E-state index contributed by atoms with van der Waals surface area (Å²) in [6, 6.07) is 15.0. The Balaban J connectivity index is 2.70. The highest BCUT2D eigenvalue weighted by Crippen LogP contribution is 2.39. The third kappa shape index (κ3) is 3.63. The van der Waals surface area contributed by atoms with Crippen LogP contribution in [0.2, 0.25) is 5.02 Å². The Hall–Kier alpha value is -1.84. The smallest absolute Gasteiger partial charge is 0.318 e. The van der Waals surface area contributed by atoms with Crippen molar-refractivity contribution in [2.24, 2.45) is 0 Å². The van der Waals surface area contributed by atoms with Crippen LogP contribution in [0.3, 0.4) is 0 Å². The Kier molecular flexibility index (Phi) is 6.03. The maximum atomic E-state index is 12.5. The number of rotatable bonds is 7. The molecule has 128 valence electrons. The topological polar surface area (TPSA) is 40.5 Å². The fraction of sp³-hybridized carbons (Fsp3) is 0.350. The number of nitrogens with zero attached hydrogens (tertiary/aromatic N) is 1. The number of carboxylic acid groups (broad SMARTS) is 1. The van der Waals surface area contributed by atoms with Gasteiger partial charge in [0.1, 0.15) is 5.41 Å².